The molecule has 2 rings (SSSR count). The fourth-order valence-corrected chi connectivity index (χ4v) is 1.45. The fraction of sp³-hybridized carbons (Fsp3) is 0.286. The Morgan fingerprint density at radius 1 is 1.40 bits per heavy atom. The van der Waals surface area contributed by atoms with Crippen molar-refractivity contribution in [3.05, 3.63) is 36.2 Å². The second-order valence-corrected chi connectivity index (χ2v) is 4.70. The van der Waals surface area contributed by atoms with Crippen LogP contribution in [0.4, 0.5) is 11.7 Å². The smallest absolute Gasteiger partial charge is 0.357 e. The number of aromatic carboxylic acids is 1. The first-order chi connectivity index (χ1) is 9.54. The van der Waals surface area contributed by atoms with Gasteiger partial charge in [0.2, 0.25) is 0 Å². The van der Waals surface area contributed by atoms with E-state index in [0.717, 1.165) is 17.7 Å². The topological polar surface area (TPSA) is 84.6 Å². The van der Waals surface area contributed by atoms with Crippen molar-refractivity contribution in [2.24, 2.45) is 5.92 Å². The summed E-state index contributed by atoms with van der Waals surface area (Å²) in [5.74, 6) is 0.122. The summed E-state index contributed by atoms with van der Waals surface area (Å²) in [6.45, 7) is 4.82. The van der Waals surface area contributed by atoms with Crippen molar-refractivity contribution < 1.29 is 19.1 Å². The summed E-state index contributed by atoms with van der Waals surface area (Å²) in [7, 11) is 0. The number of nitrogens with zero attached hydrogens (tertiary/aromatic N) is 1. The average Bonchev–Trinajstić information content (AvgIpc) is 2.86. The molecule has 0 radical (unpaired) electrons. The van der Waals surface area contributed by atoms with Crippen LogP contribution in [0, 0.1) is 5.92 Å². The zero-order valence-corrected chi connectivity index (χ0v) is 11.3. The number of nitrogens with one attached hydrogen (secondary N) is 1. The monoisotopic (exact) mass is 276 g/mol. The summed E-state index contributed by atoms with van der Waals surface area (Å²) in [5.41, 5.74) is 0.602. The summed E-state index contributed by atoms with van der Waals surface area (Å²) in [4.78, 5) is 14.4. The first-order valence-electron chi connectivity index (χ1n) is 6.23. The van der Waals surface area contributed by atoms with Crippen molar-refractivity contribution in [2.45, 2.75) is 13.8 Å². The van der Waals surface area contributed by atoms with Crippen LogP contribution in [-0.4, -0.2) is 22.7 Å². The predicted octanol–water partition coefficient (Wildman–Crippen LogP) is 3.15. The van der Waals surface area contributed by atoms with Crippen LogP contribution >= 0.6 is 0 Å². The minimum Gasteiger partial charge on any atom is -0.493 e. The normalized spacial score (nSPS) is 10.6. The molecule has 0 atom stereocenters. The quantitative estimate of drug-likeness (QED) is 0.843. The highest BCUT2D eigenvalue weighted by molar-refractivity contribution is 5.85. The van der Waals surface area contributed by atoms with Gasteiger partial charge in [-0.1, -0.05) is 13.8 Å². The molecular weight excluding hydrogens is 260 g/mol. The van der Waals surface area contributed by atoms with Gasteiger partial charge in [-0.3, -0.25) is 0 Å². The van der Waals surface area contributed by atoms with Gasteiger partial charge in [-0.25, -0.2) is 4.79 Å². The van der Waals surface area contributed by atoms with E-state index in [2.05, 4.69) is 24.1 Å². The lowest BCUT2D eigenvalue weighted by atomic mass is 10.2. The van der Waals surface area contributed by atoms with E-state index in [9.17, 15) is 4.79 Å². The SMILES string of the molecule is CC(C)COc1ccc(Nc2nc(C(=O)O)co2)cc1. The number of carboxylic acid groups (broad SMARTS) is 1. The Kier molecular flexibility index (Phi) is 4.24. The highest BCUT2D eigenvalue weighted by Crippen LogP contribution is 2.20. The van der Waals surface area contributed by atoms with Gasteiger partial charge in [0.25, 0.3) is 6.01 Å². The predicted molar refractivity (Wildman–Crippen MR) is 73.5 cm³/mol. The van der Waals surface area contributed by atoms with E-state index >= 15 is 0 Å². The van der Waals surface area contributed by atoms with Gasteiger partial charge in [0.15, 0.2) is 5.69 Å². The number of aromatic nitrogens is 1. The van der Waals surface area contributed by atoms with Crippen molar-refractivity contribution in [2.75, 3.05) is 11.9 Å². The number of rotatable bonds is 6. The second kappa shape index (κ2) is 6.10. The summed E-state index contributed by atoms with van der Waals surface area (Å²) < 4.78 is 10.6. The molecule has 0 bridgehead atoms. The average molecular weight is 276 g/mol. The van der Waals surface area contributed by atoms with Gasteiger partial charge in [0.05, 0.1) is 6.61 Å². The Hall–Kier alpha value is -2.50. The third-order valence-electron chi connectivity index (χ3n) is 2.41. The number of benzene rings is 1. The number of ether oxygens (including phenoxy) is 1. The number of carbonyl (C=O) groups is 1. The molecule has 106 valence electrons. The van der Waals surface area contributed by atoms with Gasteiger partial charge < -0.3 is 19.6 Å². The molecule has 2 N–H and O–H groups in total. The van der Waals surface area contributed by atoms with E-state index in [-0.39, 0.29) is 11.7 Å². The van der Waals surface area contributed by atoms with Crippen LogP contribution in [0.15, 0.2) is 34.9 Å². The van der Waals surface area contributed by atoms with Crippen molar-refractivity contribution in [1.82, 2.24) is 4.98 Å². The lowest BCUT2D eigenvalue weighted by Crippen LogP contribution is -2.04. The Labute approximate surface area is 116 Å². The van der Waals surface area contributed by atoms with Crippen LogP contribution in [-0.2, 0) is 0 Å². The van der Waals surface area contributed by atoms with Crippen LogP contribution in [0.25, 0.3) is 0 Å². The zero-order chi connectivity index (χ0) is 14.5. The molecule has 0 unspecified atom stereocenters. The molecule has 0 spiro atoms. The molecule has 1 aromatic carbocycles. The maximum atomic E-state index is 10.7. The van der Waals surface area contributed by atoms with Gasteiger partial charge in [0, 0.05) is 5.69 Å². The molecule has 0 aliphatic carbocycles. The van der Waals surface area contributed by atoms with Gasteiger partial charge in [0.1, 0.15) is 12.0 Å². The van der Waals surface area contributed by atoms with Crippen LogP contribution in [0.3, 0.4) is 0 Å². The highest BCUT2D eigenvalue weighted by Gasteiger charge is 2.10. The van der Waals surface area contributed by atoms with Crippen molar-refractivity contribution in [3.63, 3.8) is 0 Å². The number of hydrogen-bond acceptors (Lipinski definition) is 5. The van der Waals surface area contributed by atoms with Crippen LogP contribution in [0.2, 0.25) is 0 Å². The fourth-order valence-electron chi connectivity index (χ4n) is 1.45. The Morgan fingerprint density at radius 2 is 2.10 bits per heavy atom. The number of carboxylic acids is 1. The molecule has 0 aliphatic heterocycles. The van der Waals surface area contributed by atoms with Gasteiger partial charge in [-0.05, 0) is 30.2 Å². The van der Waals surface area contributed by atoms with Gasteiger partial charge in [-0.2, -0.15) is 4.98 Å². The molecule has 0 saturated heterocycles. The van der Waals surface area contributed by atoms with Crippen LogP contribution < -0.4 is 10.1 Å². The third kappa shape index (κ3) is 3.74. The summed E-state index contributed by atoms with van der Waals surface area (Å²) in [6.07, 6.45) is 1.09. The van der Waals surface area contributed by atoms with Crippen molar-refractivity contribution in [1.29, 1.82) is 0 Å². The third-order valence-corrected chi connectivity index (χ3v) is 2.41. The Bertz CT molecular complexity index is 575. The summed E-state index contributed by atoms with van der Waals surface area (Å²) in [6, 6.07) is 7.40. The largest absolute Gasteiger partial charge is 0.493 e. The van der Waals surface area contributed by atoms with E-state index in [1.165, 1.54) is 0 Å². The molecule has 1 heterocycles. The maximum Gasteiger partial charge on any atom is 0.357 e. The molecule has 0 fully saturated rings. The Balaban J connectivity index is 1.97. The van der Waals surface area contributed by atoms with Crippen LogP contribution in [0.1, 0.15) is 24.3 Å². The van der Waals surface area contributed by atoms with Crippen molar-refractivity contribution in [3.8, 4) is 5.75 Å². The Morgan fingerprint density at radius 3 is 2.65 bits per heavy atom. The standard InChI is InChI=1S/C14H16N2O4/c1-9(2)7-19-11-5-3-10(4-6-11)15-14-16-12(8-20-14)13(17)18/h3-6,8-9H,7H2,1-2H3,(H,15,16)(H,17,18). The van der Waals surface area contributed by atoms with E-state index in [4.69, 9.17) is 14.3 Å². The first kappa shape index (κ1) is 13.9. The van der Waals surface area contributed by atoms with E-state index in [1.807, 2.05) is 12.1 Å². The minimum absolute atomic E-state index is 0.135. The zero-order valence-electron chi connectivity index (χ0n) is 11.3. The highest BCUT2D eigenvalue weighted by atomic mass is 16.5. The van der Waals surface area contributed by atoms with Crippen LogP contribution in [0.5, 0.6) is 5.75 Å². The molecule has 6 nitrogen and oxygen atoms in total. The molecule has 0 amide bonds. The van der Waals surface area contributed by atoms with E-state index < -0.39 is 5.97 Å². The second-order valence-electron chi connectivity index (χ2n) is 4.70. The first-order valence-corrected chi connectivity index (χ1v) is 6.23. The minimum atomic E-state index is -1.13. The molecule has 2 aromatic rings. The molecule has 1 aromatic heterocycles. The summed E-state index contributed by atoms with van der Waals surface area (Å²) >= 11 is 0. The van der Waals surface area contributed by atoms with Gasteiger partial charge >= 0.3 is 5.97 Å². The molecule has 0 saturated carbocycles. The number of hydrogen-bond donors (Lipinski definition) is 2. The molecule has 6 heteroatoms. The van der Waals surface area contributed by atoms with E-state index in [1.54, 1.807) is 12.1 Å². The van der Waals surface area contributed by atoms with E-state index in [0.29, 0.717) is 12.5 Å². The molecular formula is C14H16N2O4. The number of anilines is 2. The lowest BCUT2D eigenvalue weighted by molar-refractivity contribution is 0.0690. The summed E-state index contributed by atoms with van der Waals surface area (Å²) in [5, 5.41) is 11.6. The number of oxazole rings is 1. The van der Waals surface area contributed by atoms with Crippen molar-refractivity contribution >= 4 is 17.7 Å². The van der Waals surface area contributed by atoms with Gasteiger partial charge in [-0.15, -0.1) is 0 Å². The maximum absolute atomic E-state index is 10.7. The molecule has 20 heavy (non-hydrogen) atoms. The lowest BCUT2D eigenvalue weighted by Gasteiger charge is -2.09. The molecule has 0 aliphatic rings.